The molecule has 1 amide bonds. The number of rotatable bonds is 5. The van der Waals surface area contributed by atoms with Crippen molar-refractivity contribution in [1.82, 2.24) is 4.90 Å². The summed E-state index contributed by atoms with van der Waals surface area (Å²) in [5, 5.41) is 9.48. The summed E-state index contributed by atoms with van der Waals surface area (Å²) in [4.78, 5) is 14.0. The molecule has 1 aliphatic rings. The predicted molar refractivity (Wildman–Crippen MR) is 75.7 cm³/mol. The van der Waals surface area contributed by atoms with E-state index in [1.165, 1.54) is 18.2 Å². The van der Waals surface area contributed by atoms with E-state index >= 15 is 0 Å². The van der Waals surface area contributed by atoms with Gasteiger partial charge in [0, 0.05) is 30.0 Å². The number of amides is 1. The van der Waals surface area contributed by atoms with Crippen LogP contribution >= 0.6 is 0 Å². The van der Waals surface area contributed by atoms with E-state index in [0.29, 0.717) is 6.42 Å². The molecule has 3 atom stereocenters. The smallest absolute Gasteiger partial charge is 0.226 e. The first-order valence-corrected chi connectivity index (χ1v) is 7.25. The van der Waals surface area contributed by atoms with Crippen LogP contribution in [0.3, 0.4) is 0 Å². The molecule has 0 bridgehead atoms. The average molecular weight is 297 g/mol. The van der Waals surface area contributed by atoms with Gasteiger partial charge in [0.25, 0.3) is 0 Å². The first-order chi connectivity index (χ1) is 9.82. The van der Waals surface area contributed by atoms with Crippen LogP contribution in [-0.2, 0) is 4.79 Å². The number of carbonyl (C=O) groups excluding carboxylic acids is 1. The van der Waals surface area contributed by atoms with Crippen molar-refractivity contribution in [2.24, 2.45) is 5.92 Å². The van der Waals surface area contributed by atoms with Crippen LogP contribution in [0.2, 0.25) is 0 Å². The summed E-state index contributed by atoms with van der Waals surface area (Å²) in [5.41, 5.74) is 0.0107. The molecule has 1 fully saturated rings. The zero-order chi connectivity index (χ0) is 15.7. The van der Waals surface area contributed by atoms with Gasteiger partial charge in [-0.25, -0.2) is 8.78 Å². The van der Waals surface area contributed by atoms with E-state index < -0.39 is 29.6 Å². The Labute approximate surface area is 123 Å². The Morgan fingerprint density at radius 2 is 1.90 bits per heavy atom. The zero-order valence-electron chi connectivity index (χ0n) is 12.5. The van der Waals surface area contributed by atoms with E-state index in [9.17, 15) is 18.7 Å². The molecule has 1 aromatic carbocycles. The molecule has 0 heterocycles. The highest BCUT2D eigenvalue weighted by molar-refractivity contribution is 5.83. The number of halogens is 2. The van der Waals surface area contributed by atoms with Crippen LogP contribution in [0.15, 0.2) is 18.2 Å². The molecular formula is C16H21F2NO2. The van der Waals surface area contributed by atoms with E-state index in [2.05, 4.69) is 0 Å². The number of hydrogen-bond acceptors (Lipinski definition) is 2. The molecule has 1 saturated carbocycles. The highest BCUT2D eigenvalue weighted by Gasteiger charge is 2.48. The van der Waals surface area contributed by atoms with Gasteiger partial charge in [-0.3, -0.25) is 4.79 Å². The Morgan fingerprint density at radius 3 is 2.38 bits per heavy atom. The van der Waals surface area contributed by atoms with Crippen molar-refractivity contribution in [1.29, 1.82) is 0 Å². The van der Waals surface area contributed by atoms with Crippen LogP contribution in [0.4, 0.5) is 8.78 Å². The second kappa shape index (κ2) is 6.10. The van der Waals surface area contributed by atoms with Gasteiger partial charge in [0.2, 0.25) is 5.91 Å². The number of aliphatic hydroxyl groups is 1. The molecule has 0 radical (unpaired) electrons. The van der Waals surface area contributed by atoms with Crippen molar-refractivity contribution in [3.8, 4) is 0 Å². The fraction of sp³-hybridized carbons (Fsp3) is 0.562. The molecule has 2 rings (SSSR count). The standard InChI is InChI=1S/C16H21F2NO2/c1-9(2)19(8-10(3)20)16(21)12-7-11(12)15-13(17)5-4-6-14(15)18/h4-6,9-12,20H,7-8H2,1-3H3. The number of aliphatic hydroxyl groups excluding tert-OH is 1. The predicted octanol–water partition coefficient (Wildman–Crippen LogP) is 2.69. The molecule has 116 valence electrons. The first kappa shape index (κ1) is 15.9. The Kier molecular flexibility index (Phi) is 4.61. The fourth-order valence-electron chi connectivity index (χ4n) is 2.70. The van der Waals surface area contributed by atoms with Crippen LogP contribution in [0, 0.1) is 17.6 Å². The van der Waals surface area contributed by atoms with Crippen molar-refractivity contribution >= 4 is 5.91 Å². The van der Waals surface area contributed by atoms with Crippen molar-refractivity contribution in [3.05, 3.63) is 35.4 Å². The summed E-state index contributed by atoms with van der Waals surface area (Å²) in [6.07, 6.45) is -0.168. The third kappa shape index (κ3) is 3.40. The molecule has 0 aliphatic heterocycles. The minimum Gasteiger partial charge on any atom is -0.392 e. The van der Waals surface area contributed by atoms with Gasteiger partial charge >= 0.3 is 0 Å². The molecule has 1 aromatic rings. The maximum absolute atomic E-state index is 13.7. The topological polar surface area (TPSA) is 40.5 Å². The fourth-order valence-corrected chi connectivity index (χ4v) is 2.70. The van der Waals surface area contributed by atoms with Crippen LogP contribution in [0.1, 0.15) is 38.7 Å². The lowest BCUT2D eigenvalue weighted by atomic mass is 10.1. The van der Waals surface area contributed by atoms with Crippen molar-refractivity contribution < 1.29 is 18.7 Å². The van der Waals surface area contributed by atoms with E-state index in [1.54, 1.807) is 11.8 Å². The summed E-state index contributed by atoms with van der Waals surface area (Å²) < 4.78 is 27.5. The Hall–Kier alpha value is -1.49. The van der Waals surface area contributed by atoms with Gasteiger partial charge in [0.05, 0.1) is 6.10 Å². The van der Waals surface area contributed by atoms with Gasteiger partial charge < -0.3 is 10.0 Å². The monoisotopic (exact) mass is 297 g/mol. The zero-order valence-corrected chi connectivity index (χ0v) is 12.5. The van der Waals surface area contributed by atoms with E-state index in [1.807, 2.05) is 13.8 Å². The molecule has 3 nitrogen and oxygen atoms in total. The van der Waals surface area contributed by atoms with E-state index in [0.717, 1.165) is 0 Å². The summed E-state index contributed by atoms with van der Waals surface area (Å²) >= 11 is 0. The summed E-state index contributed by atoms with van der Waals surface area (Å²) in [6.45, 7) is 5.58. The van der Waals surface area contributed by atoms with Crippen LogP contribution < -0.4 is 0 Å². The van der Waals surface area contributed by atoms with Crippen molar-refractivity contribution in [3.63, 3.8) is 0 Å². The molecule has 0 aromatic heterocycles. The van der Waals surface area contributed by atoms with E-state index in [-0.39, 0.29) is 24.1 Å². The lowest BCUT2D eigenvalue weighted by molar-refractivity contribution is -0.135. The Morgan fingerprint density at radius 1 is 1.33 bits per heavy atom. The first-order valence-electron chi connectivity index (χ1n) is 7.25. The number of benzene rings is 1. The maximum atomic E-state index is 13.7. The second-order valence-electron chi connectivity index (χ2n) is 6.02. The van der Waals surface area contributed by atoms with Gasteiger partial charge in [-0.05, 0) is 39.3 Å². The molecule has 3 unspecified atom stereocenters. The Balaban J connectivity index is 2.13. The van der Waals surface area contributed by atoms with Gasteiger partial charge in [0.1, 0.15) is 11.6 Å². The third-order valence-electron chi connectivity index (χ3n) is 3.85. The molecule has 0 spiro atoms. The van der Waals surface area contributed by atoms with Gasteiger partial charge in [-0.1, -0.05) is 6.07 Å². The number of hydrogen-bond donors (Lipinski definition) is 1. The summed E-state index contributed by atoms with van der Waals surface area (Å²) in [6, 6.07) is 3.70. The highest BCUT2D eigenvalue weighted by Crippen LogP contribution is 2.50. The van der Waals surface area contributed by atoms with Crippen LogP contribution in [0.5, 0.6) is 0 Å². The van der Waals surface area contributed by atoms with Crippen LogP contribution in [0.25, 0.3) is 0 Å². The summed E-state index contributed by atoms with van der Waals surface area (Å²) in [5.74, 6) is -2.12. The number of carbonyl (C=O) groups is 1. The van der Waals surface area contributed by atoms with Crippen molar-refractivity contribution in [2.75, 3.05) is 6.54 Å². The highest BCUT2D eigenvalue weighted by atomic mass is 19.1. The molecule has 1 N–H and O–H groups in total. The molecular weight excluding hydrogens is 276 g/mol. The van der Waals surface area contributed by atoms with Gasteiger partial charge in [-0.15, -0.1) is 0 Å². The second-order valence-corrected chi connectivity index (χ2v) is 6.02. The normalized spacial score (nSPS) is 22.2. The van der Waals surface area contributed by atoms with Crippen LogP contribution in [-0.4, -0.2) is 34.6 Å². The molecule has 1 aliphatic carbocycles. The van der Waals surface area contributed by atoms with Gasteiger partial charge in [-0.2, -0.15) is 0 Å². The quantitative estimate of drug-likeness (QED) is 0.908. The number of nitrogens with zero attached hydrogens (tertiary/aromatic N) is 1. The lowest BCUT2D eigenvalue weighted by Crippen LogP contribution is -2.42. The lowest BCUT2D eigenvalue weighted by Gasteiger charge is -2.28. The SMILES string of the molecule is CC(O)CN(C(=O)C1CC1c1c(F)cccc1F)C(C)C. The summed E-state index contributed by atoms with van der Waals surface area (Å²) in [7, 11) is 0. The van der Waals surface area contributed by atoms with E-state index in [4.69, 9.17) is 0 Å². The largest absolute Gasteiger partial charge is 0.392 e. The minimum atomic E-state index is -0.626. The third-order valence-corrected chi connectivity index (χ3v) is 3.85. The van der Waals surface area contributed by atoms with Crippen molar-refractivity contribution in [2.45, 2.75) is 45.3 Å². The maximum Gasteiger partial charge on any atom is 0.226 e. The average Bonchev–Trinajstić information content (AvgIpc) is 3.14. The molecule has 5 heteroatoms. The molecule has 21 heavy (non-hydrogen) atoms. The van der Waals surface area contributed by atoms with Gasteiger partial charge in [0.15, 0.2) is 0 Å². The minimum absolute atomic E-state index is 0.0107. The molecule has 0 saturated heterocycles. The Bertz CT molecular complexity index is 511.